The standard InChI is InChI=1S/C32H35ClF3N3O4S/c1-22-11-9-10-12-24(22)20-38(23(2)31(41)37-25-13-5-3-6-14-25)30(40)21-39(44(42,43)27-15-7-4-8-16-27)26-17-18-29(33)28(19-26)32(34,35)36/h4,7-12,15-19,23,25H,3,5-6,13-14,20-21H2,1-2H3,(H,37,41)/t23-/m1/s1. The van der Waals surface area contributed by atoms with Crippen LogP contribution in [0, 0.1) is 6.92 Å². The number of anilines is 1. The van der Waals surface area contributed by atoms with Gasteiger partial charge in [-0.05, 0) is 68.1 Å². The second-order valence-corrected chi connectivity index (χ2v) is 13.2. The number of hydrogen-bond donors (Lipinski definition) is 1. The van der Waals surface area contributed by atoms with Gasteiger partial charge in [0.05, 0.1) is 21.2 Å². The second-order valence-electron chi connectivity index (χ2n) is 11.0. The van der Waals surface area contributed by atoms with Crippen molar-refractivity contribution in [3.63, 3.8) is 0 Å². The average Bonchev–Trinajstić information content (AvgIpc) is 2.99. The Morgan fingerprint density at radius 1 is 0.977 bits per heavy atom. The molecule has 0 aromatic heterocycles. The maximum Gasteiger partial charge on any atom is 0.417 e. The third kappa shape index (κ3) is 7.92. The Morgan fingerprint density at radius 2 is 1.61 bits per heavy atom. The van der Waals surface area contributed by atoms with Gasteiger partial charge in [0.15, 0.2) is 0 Å². The van der Waals surface area contributed by atoms with Gasteiger partial charge in [-0.2, -0.15) is 13.2 Å². The quantitative estimate of drug-likeness (QED) is 0.264. The summed E-state index contributed by atoms with van der Waals surface area (Å²) in [6.07, 6.45) is -0.165. The predicted octanol–water partition coefficient (Wildman–Crippen LogP) is 6.73. The van der Waals surface area contributed by atoms with Gasteiger partial charge >= 0.3 is 6.18 Å². The molecule has 0 aliphatic heterocycles. The van der Waals surface area contributed by atoms with Crippen molar-refractivity contribution in [2.75, 3.05) is 10.8 Å². The summed E-state index contributed by atoms with van der Waals surface area (Å²) in [7, 11) is -4.53. The number of halogens is 4. The molecule has 0 heterocycles. The zero-order chi connectivity index (χ0) is 32.1. The summed E-state index contributed by atoms with van der Waals surface area (Å²) in [6.45, 7) is 2.54. The second kappa shape index (κ2) is 14.0. The number of amides is 2. The van der Waals surface area contributed by atoms with Crippen LogP contribution < -0.4 is 9.62 Å². The molecule has 0 bridgehead atoms. The number of hydrogen-bond acceptors (Lipinski definition) is 4. The first kappa shape index (κ1) is 33.3. The normalized spacial score (nSPS) is 15.0. The summed E-state index contributed by atoms with van der Waals surface area (Å²) in [6, 6.07) is 16.0. The van der Waals surface area contributed by atoms with Crippen molar-refractivity contribution in [3.05, 3.63) is 94.5 Å². The molecule has 1 atom stereocenters. The Balaban J connectivity index is 1.74. The van der Waals surface area contributed by atoms with Gasteiger partial charge in [0.1, 0.15) is 12.6 Å². The van der Waals surface area contributed by atoms with E-state index in [-0.39, 0.29) is 23.4 Å². The fourth-order valence-electron chi connectivity index (χ4n) is 5.26. The van der Waals surface area contributed by atoms with Gasteiger partial charge in [-0.3, -0.25) is 13.9 Å². The lowest BCUT2D eigenvalue weighted by Crippen LogP contribution is -2.53. The van der Waals surface area contributed by atoms with E-state index in [0.29, 0.717) is 10.4 Å². The first-order chi connectivity index (χ1) is 20.8. The van der Waals surface area contributed by atoms with E-state index in [9.17, 15) is 31.2 Å². The summed E-state index contributed by atoms with van der Waals surface area (Å²) in [4.78, 5) is 28.6. The van der Waals surface area contributed by atoms with Crippen molar-refractivity contribution in [3.8, 4) is 0 Å². The molecule has 1 aliphatic rings. The smallest absolute Gasteiger partial charge is 0.352 e. The molecule has 3 aromatic carbocycles. The van der Waals surface area contributed by atoms with Crippen LogP contribution in [0.25, 0.3) is 0 Å². The van der Waals surface area contributed by atoms with Crippen LogP contribution in [0.4, 0.5) is 18.9 Å². The number of rotatable bonds is 10. The van der Waals surface area contributed by atoms with Crippen LogP contribution in [-0.2, 0) is 32.3 Å². The lowest BCUT2D eigenvalue weighted by atomic mass is 9.95. The number of benzene rings is 3. The lowest BCUT2D eigenvalue weighted by molar-refractivity contribution is -0.139. The fraction of sp³-hybridized carbons (Fsp3) is 0.375. The Hall–Kier alpha value is -3.57. The molecule has 0 unspecified atom stereocenters. The molecule has 236 valence electrons. The van der Waals surface area contributed by atoms with Gasteiger partial charge in [-0.25, -0.2) is 8.42 Å². The molecule has 7 nitrogen and oxygen atoms in total. The van der Waals surface area contributed by atoms with Crippen molar-refractivity contribution < 1.29 is 31.2 Å². The van der Waals surface area contributed by atoms with E-state index < -0.39 is 51.0 Å². The van der Waals surface area contributed by atoms with Crippen molar-refractivity contribution in [2.24, 2.45) is 0 Å². The highest BCUT2D eigenvalue weighted by Gasteiger charge is 2.37. The lowest BCUT2D eigenvalue weighted by Gasteiger charge is -2.33. The maximum absolute atomic E-state index is 14.1. The maximum atomic E-state index is 14.1. The molecule has 0 saturated heterocycles. The number of carbonyl (C=O) groups excluding carboxylic acids is 2. The monoisotopic (exact) mass is 649 g/mol. The zero-order valence-electron chi connectivity index (χ0n) is 24.5. The molecule has 1 saturated carbocycles. The minimum absolute atomic E-state index is 0.0155. The summed E-state index contributed by atoms with van der Waals surface area (Å²) in [5.41, 5.74) is -0.0450. The number of sulfonamides is 1. The average molecular weight is 650 g/mol. The number of alkyl halides is 3. The predicted molar refractivity (Wildman–Crippen MR) is 164 cm³/mol. The molecule has 12 heteroatoms. The molecule has 1 N–H and O–H groups in total. The highest BCUT2D eigenvalue weighted by Crippen LogP contribution is 2.38. The number of carbonyl (C=O) groups is 2. The molecule has 3 aromatic rings. The van der Waals surface area contributed by atoms with Crippen molar-refractivity contribution in [1.82, 2.24) is 10.2 Å². The number of nitrogens with zero attached hydrogens (tertiary/aromatic N) is 2. The van der Waals surface area contributed by atoms with Gasteiger partial charge in [0.25, 0.3) is 10.0 Å². The van der Waals surface area contributed by atoms with E-state index in [1.165, 1.54) is 29.2 Å². The van der Waals surface area contributed by atoms with E-state index in [0.717, 1.165) is 55.4 Å². The van der Waals surface area contributed by atoms with Crippen molar-refractivity contribution in [2.45, 2.75) is 75.7 Å². The zero-order valence-corrected chi connectivity index (χ0v) is 26.1. The third-order valence-electron chi connectivity index (χ3n) is 7.87. The van der Waals surface area contributed by atoms with Crippen LogP contribution in [0.1, 0.15) is 55.7 Å². The molecule has 4 rings (SSSR count). The SMILES string of the molecule is Cc1ccccc1CN(C(=O)CN(c1ccc(Cl)c(C(F)(F)F)c1)S(=O)(=O)c1ccccc1)[C@H](C)C(=O)NC1CCCCC1. The summed E-state index contributed by atoms with van der Waals surface area (Å²) >= 11 is 5.83. The molecule has 1 fully saturated rings. The van der Waals surface area contributed by atoms with Gasteiger partial charge in [-0.15, -0.1) is 0 Å². The Kier molecular flexibility index (Phi) is 10.6. The Labute approximate surface area is 261 Å². The van der Waals surface area contributed by atoms with Crippen molar-refractivity contribution in [1.29, 1.82) is 0 Å². The third-order valence-corrected chi connectivity index (χ3v) is 9.99. The van der Waals surface area contributed by atoms with Crippen LogP contribution >= 0.6 is 11.6 Å². The van der Waals surface area contributed by atoms with Crippen molar-refractivity contribution >= 4 is 39.1 Å². The molecular weight excluding hydrogens is 615 g/mol. The number of nitrogens with one attached hydrogen (secondary N) is 1. The van der Waals surface area contributed by atoms with Crippen LogP contribution in [0.5, 0.6) is 0 Å². The highest BCUT2D eigenvalue weighted by molar-refractivity contribution is 7.92. The topological polar surface area (TPSA) is 86.8 Å². The molecule has 0 spiro atoms. The Bertz CT molecular complexity index is 1580. The van der Waals surface area contributed by atoms with Gasteiger partial charge in [0, 0.05) is 12.6 Å². The van der Waals surface area contributed by atoms with Crippen LogP contribution in [-0.4, -0.2) is 43.8 Å². The largest absolute Gasteiger partial charge is 0.417 e. The van der Waals surface area contributed by atoms with Crippen LogP contribution in [0.3, 0.4) is 0 Å². The van der Waals surface area contributed by atoms with E-state index in [4.69, 9.17) is 11.6 Å². The molecule has 1 aliphatic carbocycles. The molecular formula is C32H35ClF3N3O4S. The van der Waals surface area contributed by atoms with Gasteiger partial charge in [0.2, 0.25) is 11.8 Å². The van der Waals surface area contributed by atoms with E-state index in [2.05, 4.69) is 5.32 Å². The minimum Gasteiger partial charge on any atom is -0.352 e. The van der Waals surface area contributed by atoms with Gasteiger partial charge < -0.3 is 10.2 Å². The minimum atomic E-state index is -4.87. The fourth-order valence-corrected chi connectivity index (χ4v) is 6.91. The number of aryl methyl sites for hydroxylation is 1. The van der Waals surface area contributed by atoms with E-state index in [1.807, 2.05) is 19.1 Å². The summed E-state index contributed by atoms with van der Waals surface area (Å²) < 4.78 is 69.8. The van der Waals surface area contributed by atoms with E-state index in [1.54, 1.807) is 25.1 Å². The summed E-state index contributed by atoms with van der Waals surface area (Å²) in [5.74, 6) is -1.15. The van der Waals surface area contributed by atoms with Crippen LogP contribution in [0.2, 0.25) is 5.02 Å². The molecule has 0 radical (unpaired) electrons. The van der Waals surface area contributed by atoms with Gasteiger partial charge in [-0.1, -0.05) is 73.3 Å². The van der Waals surface area contributed by atoms with Crippen LogP contribution in [0.15, 0.2) is 77.7 Å². The Morgan fingerprint density at radius 3 is 2.25 bits per heavy atom. The first-order valence-electron chi connectivity index (χ1n) is 14.4. The van der Waals surface area contributed by atoms with E-state index >= 15 is 0 Å². The molecule has 44 heavy (non-hydrogen) atoms. The first-order valence-corrected chi connectivity index (χ1v) is 16.2. The summed E-state index contributed by atoms with van der Waals surface area (Å²) in [5, 5.41) is 2.41. The highest BCUT2D eigenvalue weighted by atomic mass is 35.5. The molecule has 2 amide bonds.